The van der Waals surface area contributed by atoms with Crippen molar-refractivity contribution in [2.24, 2.45) is 0 Å². The van der Waals surface area contributed by atoms with Crippen molar-refractivity contribution in [3.8, 4) is 0 Å². The van der Waals surface area contributed by atoms with Gasteiger partial charge in [-0.2, -0.15) is 4.31 Å². The summed E-state index contributed by atoms with van der Waals surface area (Å²) in [5, 5.41) is 6.23. The first-order chi connectivity index (χ1) is 14.3. The van der Waals surface area contributed by atoms with Crippen LogP contribution in [0.15, 0.2) is 29.2 Å². The molecule has 4 rings (SSSR count). The molecular formula is C20H24N4O4S2. The Kier molecular flexibility index (Phi) is 5.90. The highest BCUT2D eigenvalue weighted by Gasteiger charge is 2.30. The van der Waals surface area contributed by atoms with E-state index in [4.69, 9.17) is 0 Å². The van der Waals surface area contributed by atoms with Crippen LogP contribution in [0.25, 0.3) is 0 Å². The molecule has 30 heavy (non-hydrogen) atoms. The Morgan fingerprint density at radius 1 is 1.17 bits per heavy atom. The van der Waals surface area contributed by atoms with E-state index in [1.165, 1.54) is 46.8 Å². The highest BCUT2D eigenvalue weighted by molar-refractivity contribution is 7.89. The summed E-state index contributed by atoms with van der Waals surface area (Å²) in [6.45, 7) is 1.98. The van der Waals surface area contributed by atoms with Crippen molar-refractivity contribution in [2.45, 2.75) is 56.5 Å². The van der Waals surface area contributed by atoms with E-state index in [-0.39, 0.29) is 29.3 Å². The molecule has 0 atom stereocenters. The standard InChI is InChI=1S/C20H24N4O4S2/c1-13(25)14-6-8-16(9-7-14)30(27,28)24-11-10-17-18(12-24)29-20(22-17)23-19(26)21-15-4-2-3-5-15/h6-9,15H,2-5,10-12H2,1H3,(H2,21,22,23,26). The number of urea groups is 1. The molecule has 1 aliphatic carbocycles. The smallest absolute Gasteiger partial charge is 0.321 e. The number of nitrogens with one attached hydrogen (secondary N) is 2. The van der Waals surface area contributed by atoms with Crippen molar-refractivity contribution in [3.63, 3.8) is 0 Å². The van der Waals surface area contributed by atoms with E-state index < -0.39 is 10.0 Å². The van der Waals surface area contributed by atoms with Crippen LogP contribution in [0.4, 0.5) is 9.93 Å². The van der Waals surface area contributed by atoms with Gasteiger partial charge in [0.15, 0.2) is 10.9 Å². The molecule has 0 spiro atoms. The molecule has 2 aliphatic rings. The van der Waals surface area contributed by atoms with Crippen LogP contribution in [0.5, 0.6) is 0 Å². The van der Waals surface area contributed by atoms with Gasteiger partial charge in [0.25, 0.3) is 0 Å². The quantitative estimate of drug-likeness (QED) is 0.683. The number of hydrogen-bond donors (Lipinski definition) is 2. The van der Waals surface area contributed by atoms with Crippen LogP contribution in [0, 0.1) is 0 Å². The predicted octanol–water partition coefficient (Wildman–Crippen LogP) is 3.16. The molecule has 1 aromatic carbocycles. The lowest BCUT2D eigenvalue weighted by Crippen LogP contribution is -2.36. The number of benzene rings is 1. The van der Waals surface area contributed by atoms with E-state index in [9.17, 15) is 18.0 Å². The number of nitrogens with zero attached hydrogens (tertiary/aromatic N) is 2. The maximum atomic E-state index is 13.0. The summed E-state index contributed by atoms with van der Waals surface area (Å²) in [6.07, 6.45) is 4.77. The van der Waals surface area contributed by atoms with Gasteiger partial charge in [-0.15, -0.1) is 0 Å². The van der Waals surface area contributed by atoms with Gasteiger partial charge in [0, 0.05) is 29.4 Å². The summed E-state index contributed by atoms with van der Waals surface area (Å²) in [5.41, 5.74) is 1.30. The molecule has 160 valence electrons. The second-order valence-corrected chi connectivity index (χ2v) is 10.7. The molecule has 2 heterocycles. The zero-order chi connectivity index (χ0) is 21.3. The highest BCUT2D eigenvalue weighted by atomic mass is 32.2. The topological polar surface area (TPSA) is 108 Å². The van der Waals surface area contributed by atoms with E-state index in [0.717, 1.165) is 36.3 Å². The van der Waals surface area contributed by atoms with Gasteiger partial charge in [-0.3, -0.25) is 10.1 Å². The van der Waals surface area contributed by atoms with Crippen molar-refractivity contribution < 1.29 is 18.0 Å². The lowest BCUT2D eigenvalue weighted by atomic mass is 10.2. The average molecular weight is 449 g/mol. The van der Waals surface area contributed by atoms with Crippen molar-refractivity contribution in [1.29, 1.82) is 0 Å². The molecule has 0 bridgehead atoms. The molecule has 2 N–H and O–H groups in total. The summed E-state index contributed by atoms with van der Waals surface area (Å²) in [6, 6.07) is 5.95. The number of anilines is 1. The Morgan fingerprint density at radius 2 is 1.87 bits per heavy atom. The summed E-state index contributed by atoms with van der Waals surface area (Å²) >= 11 is 1.31. The molecule has 10 heteroatoms. The number of thiazole rings is 1. The van der Waals surface area contributed by atoms with Crippen LogP contribution in [-0.4, -0.2) is 42.1 Å². The normalized spacial score (nSPS) is 17.5. The molecule has 0 saturated heterocycles. The molecule has 1 saturated carbocycles. The van der Waals surface area contributed by atoms with Gasteiger partial charge >= 0.3 is 6.03 Å². The van der Waals surface area contributed by atoms with Gasteiger partial charge in [-0.1, -0.05) is 36.3 Å². The molecule has 2 amide bonds. The first-order valence-corrected chi connectivity index (χ1v) is 12.3. The molecule has 8 nitrogen and oxygen atoms in total. The molecule has 1 aromatic heterocycles. The molecular weight excluding hydrogens is 424 g/mol. The minimum absolute atomic E-state index is 0.108. The lowest BCUT2D eigenvalue weighted by molar-refractivity contribution is 0.101. The Morgan fingerprint density at radius 3 is 2.53 bits per heavy atom. The number of amides is 2. The van der Waals surface area contributed by atoms with Gasteiger partial charge in [-0.25, -0.2) is 18.2 Å². The number of Topliss-reactive ketones (excluding diaryl/α,β-unsaturated/α-hetero) is 1. The Labute approximate surface area is 179 Å². The molecule has 0 radical (unpaired) electrons. The molecule has 1 fully saturated rings. The first-order valence-electron chi connectivity index (χ1n) is 10.00. The van der Waals surface area contributed by atoms with Gasteiger partial charge in [0.05, 0.1) is 17.1 Å². The number of carbonyl (C=O) groups is 2. The second kappa shape index (κ2) is 8.44. The first kappa shape index (κ1) is 21.0. The van der Waals surface area contributed by atoms with Crippen LogP contribution in [0.3, 0.4) is 0 Å². The molecule has 0 unspecified atom stereocenters. The Bertz CT molecular complexity index is 1060. The number of rotatable bonds is 5. The summed E-state index contributed by atoms with van der Waals surface area (Å²) in [5.74, 6) is -0.108. The maximum absolute atomic E-state index is 13.0. The number of sulfonamides is 1. The SMILES string of the molecule is CC(=O)c1ccc(S(=O)(=O)N2CCc3nc(NC(=O)NC4CCCC4)sc3C2)cc1. The van der Waals surface area contributed by atoms with Crippen LogP contribution >= 0.6 is 11.3 Å². The monoisotopic (exact) mass is 448 g/mol. The van der Waals surface area contributed by atoms with Crippen molar-refractivity contribution in [2.75, 3.05) is 11.9 Å². The van der Waals surface area contributed by atoms with E-state index in [1.807, 2.05) is 0 Å². The van der Waals surface area contributed by atoms with Crippen LogP contribution in [0.1, 0.15) is 53.5 Å². The lowest BCUT2D eigenvalue weighted by Gasteiger charge is -2.25. The molecule has 1 aliphatic heterocycles. The van der Waals surface area contributed by atoms with E-state index in [2.05, 4.69) is 15.6 Å². The van der Waals surface area contributed by atoms with E-state index in [1.54, 1.807) is 0 Å². The van der Waals surface area contributed by atoms with Crippen LogP contribution in [-0.2, 0) is 23.0 Å². The highest BCUT2D eigenvalue weighted by Crippen LogP contribution is 2.31. The third kappa shape index (κ3) is 4.40. The zero-order valence-corrected chi connectivity index (χ0v) is 18.3. The molecule has 2 aromatic rings. The fourth-order valence-electron chi connectivity index (χ4n) is 3.83. The van der Waals surface area contributed by atoms with E-state index >= 15 is 0 Å². The summed E-state index contributed by atoms with van der Waals surface area (Å²) < 4.78 is 27.4. The minimum Gasteiger partial charge on any atom is -0.335 e. The second-order valence-electron chi connectivity index (χ2n) is 7.64. The van der Waals surface area contributed by atoms with E-state index in [0.29, 0.717) is 23.7 Å². The minimum atomic E-state index is -3.68. The van der Waals surface area contributed by atoms with Crippen molar-refractivity contribution >= 4 is 38.3 Å². The largest absolute Gasteiger partial charge is 0.335 e. The third-order valence-electron chi connectivity index (χ3n) is 5.51. The maximum Gasteiger partial charge on any atom is 0.321 e. The van der Waals surface area contributed by atoms with Gasteiger partial charge < -0.3 is 5.32 Å². The summed E-state index contributed by atoms with van der Waals surface area (Å²) in [7, 11) is -3.68. The van der Waals surface area contributed by atoms with Gasteiger partial charge in [-0.05, 0) is 31.9 Å². The predicted molar refractivity (Wildman–Crippen MR) is 114 cm³/mol. The number of hydrogen-bond acceptors (Lipinski definition) is 6. The number of carbonyl (C=O) groups excluding carboxylic acids is 2. The zero-order valence-electron chi connectivity index (χ0n) is 16.7. The Balaban J connectivity index is 1.44. The Hall–Kier alpha value is -2.30. The third-order valence-corrected chi connectivity index (χ3v) is 8.36. The van der Waals surface area contributed by atoms with Gasteiger partial charge in [0.2, 0.25) is 10.0 Å². The number of fused-ring (bicyclic) bond motifs is 1. The fourth-order valence-corrected chi connectivity index (χ4v) is 6.34. The van der Waals surface area contributed by atoms with Crippen LogP contribution < -0.4 is 10.6 Å². The van der Waals surface area contributed by atoms with Crippen molar-refractivity contribution in [3.05, 3.63) is 40.4 Å². The number of aromatic nitrogens is 1. The number of ketones is 1. The van der Waals surface area contributed by atoms with Gasteiger partial charge in [0.1, 0.15) is 0 Å². The average Bonchev–Trinajstić information content (AvgIpc) is 3.36. The van der Waals surface area contributed by atoms with Crippen LogP contribution in [0.2, 0.25) is 0 Å². The summed E-state index contributed by atoms with van der Waals surface area (Å²) in [4.78, 5) is 29.1. The van der Waals surface area contributed by atoms with Crippen molar-refractivity contribution in [1.82, 2.24) is 14.6 Å². The fraction of sp³-hybridized carbons (Fsp3) is 0.450.